The van der Waals surface area contributed by atoms with Crippen LogP contribution in [-0.2, 0) is 9.53 Å². The molecule has 0 heterocycles. The Hall–Kier alpha value is -0.260. The first-order valence-corrected chi connectivity index (χ1v) is 5.94. The van der Waals surface area contributed by atoms with Crippen molar-refractivity contribution in [2.75, 3.05) is 31.8 Å². The monoisotopic (exact) mass is 221 g/mol. The topological polar surface area (TPSA) is 58.6 Å². The zero-order chi connectivity index (χ0) is 10.8. The molecule has 1 atom stereocenters. The molecule has 0 saturated carbocycles. The van der Waals surface area contributed by atoms with Crippen LogP contribution in [0, 0.1) is 0 Å². The van der Waals surface area contributed by atoms with E-state index in [1.165, 1.54) is 0 Å². The maximum atomic E-state index is 11.3. The number of rotatable bonds is 8. The van der Waals surface area contributed by atoms with E-state index in [0.717, 1.165) is 17.9 Å². The van der Waals surface area contributed by atoms with E-state index in [1.807, 2.05) is 0 Å². The van der Waals surface area contributed by atoms with E-state index in [1.54, 1.807) is 25.7 Å². The van der Waals surface area contributed by atoms with Crippen LogP contribution in [0.1, 0.15) is 13.3 Å². The first kappa shape index (κ1) is 13.7. The molecule has 0 aromatic carbocycles. The van der Waals surface area contributed by atoms with Crippen LogP contribution in [0.4, 0.5) is 0 Å². The van der Waals surface area contributed by atoms with Gasteiger partial charge in [-0.2, -0.15) is 11.8 Å². The van der Waals surface area contributed by atoms with Gasteiger partial charge in [-0.1, -0.05) is 0 Å². The molecule has 0 amide bonds. The van der Waals surface area contributed by atoms with Crippen molar-refractivity contribution in [1.29, 1.82) is 0 Å². The highest BCUT2D eigenvalue weighted by atomic mass is 32.2. The van der Waals surface area contributed by atoms with E-state index in [4.69, 9.17) is 9.84 Å². The van der Waals surface area contributed by atoms with Gasteiger partial charge in [-0.3, -0.25) is 4.79 Å². The summed E-state index contributed by atoms with van der Waals surface area (Å²) in [5, 5.41) is 11.5. The van der Waals surface area contributed by atoms with Crippen molar-refractivity contribution < 1.29 is 14.6 Å². The average Bonchev–Trinajstić information content (AvgIpc) is 2.18. The molecule has 0 fully saturated rings. The van der Waals surface area contributed by atoms with Crippen molar-refractivity contribution in [2.45, 2.75) is 19.4 Å². The van der Waals surface area contributed by atoms with Gasteiger partial charge < -0.3 is 15.2 Å². The lowest BCUT2D eigenvalue weighted by molar-refractivity contribution is -0.145. The molecular weight excluding hydrogens is 202 g/mol. The fourth-order valence-electron chi connectivity index (χ4n) is 0.991. The second-order valence-corrected chi connectivity index (χ2v) is 3.94. The zero-order valence-corrected chi connectivity index (χ0v) is 9.60. The Labute approximate surface area is 89.4 Å². The predicted molar refractivity (Wildman–Crippen MR) is 58.5 cm³/mol. The van der Waals surface area contributed by atoms with Gasteiger partial charge in [0.2, 0.25) is 0 Å². The van der Waals surface area contributed by atoms with Crippen LogP contribution in [-0.4, -0.2) is 48.9 Å². The molecule has 0 aliphatic heterocycles. The van der Waals surface area contributed by atoms with Crippen LogP contribution in [0.5, 0.6) is 0 Å². The fourth-order valence-corrected chi connectivity index (χ4v) is 1.73. The summed E-state index contributed by atoms with van der Waals surface area (Å²) in [4.78, 5) is 11.3. The third-order valence-electron chi connectivity index (χ3n) is 1.71. The second kappa shape index (κ2) is 9.30. The van der Waals surface area contributed by atoms with Crippen LogP contribution in [0.25, 0.3) is 0 Å². The molecule has 0 radical (unpaired) electrons. The van der Waals surface area contributed by atoms with Crippen LogP contribution in [0.3, 0.4) is 0 Å². The van der Waals surface area contributed by atoms with Gasteiger partial charge >= 0.3 is 5.97 Å². The minimum atomic E-state index is -0.221. The predicted octanol–water partition coefficient (Wildman–Crippen LogP) is 0.253. The van der Waals surface area contributed by atoms with Gasteiger partial charge in [0.1, 0.15) is 6.04 Å². The third-order valence-corrected chi connectivity index (χ3v) is 2.70. The highest BCUT2D eigenvalue weighted by Crippen LogP contribution is 2.05. The fraction of sp³-hybridized carbons (Fsp3) is 0.889. The Morgan fingerprint density at radius 3 is 2.79 bits per heavy atom. The summed E-state index contributed by atoms with van der Waals surface area (Å²) < 4.78 is 4.89. The van der Waals surface area contributed by atoms with Crippen molar-refractivity contribution in [1.82, 2.24) is 5.32 Å². The van der Waals surface area contributed by atoms with Gasteiger partial charge in [0.25, 0.3) is 0 Å². The van der Waals surface area contributed by atoms with Crippen molar-refractivity contribution in [3.8, 4) is 0 Å². The lowest BCUT2D eigenvalue weighted by atomic mass is 10.2. The number of thioether (sulfide) groups is 1. The molecule has 1 unspecified atom stereocenters. The van der Waals surface area contributed by atoms with Crippen molar-refractivity contribution >= 4 is 17.7 Å². The largest absolute Gasteiger partial charge is 0.465 e. The number of carbonyl (C=O) groups excluding carboxylic acids is 1. The first-order chi connectivity index (χ1) is 6.76. The van der Waals surface area contributed by atoms with E-state index in [-0.39, 0.29) is 18.6 Å². The standard InChI is InChI=1S/C9H19NO3S/c1-3-13-9(12)8(10-2)4-6-14-7-5-11/h8,10-11H,3-7H2,1-2H3. The van der Waals surface area contributed by atoms with E-state index in [2.05, 4.69) is 5.32 Å². The van der Waals surface area contributed by atoms with Crippen molar-refractivity contribution in [3.05, 3.63) is 0 Å². The highest BCUT2D eigenvalue weighted by Gasteiger charge is 2.16. The van der Waals surface area contributed by atoms with Gasteiger partial charge in [0, 0.05) is 5.75 Å². The van der Waals surface area contributed by atoms with Gasteiger partial charge in [-0.15, -0.1) is 0 Å². The molecule has 84 valence electrons. The smallest absolute Gasteiger partial charge is 0.323 e. The SMILES string of the molecule is CCOC(=O)C(CCSCCO)NC. The quantitative estimate of drug-likeness (QED) is 0.454. The molecule has 14 heavy (non-hydrogen) atoms. The lowest BCUT2D eigenvalue weighted by Crippen LogP contribution is -2.36. The Balaban J connectivity index is 3.62. The summed E-state index contributed by atoms with van der Waals surface area (Å²) in [5.41, 5.74) is 0. The molecule has 2 N–H and O–H groups in total. The van der Waals surface area contributed by atoms with E-state index in [9.17, 15) is 4.79 Å². The van der Waals surface area contributed by atoms with Gasteiger partial charge in [0.05, 0.1) is 13.2 Å². The van der Waals surface area contributed by atoms with Crippen molar-refractivity contribution in [3.63, 3.8) is 0 Å². The van der Waals surface area contributed by atoms with Gasteiger partial charge in [-0.05, 0) is 26.1 Å². The Morgan fingerprint density at radius 1 is 1.57 bits per heavy atom. The zero-order valence-electron chi connectivity index (χ0n) is 8.78. The van der Waals surface area contributed by atoms with E-state index < -0.39 is 0 Å². The average molecular weight is 221 g/mol. The van der Waals surface area contributed by atoms with Crippen LogP contribution in [0.2, 0.25) is 0 Å². The molecule has 0 aliphatic rings. The van der Waals surface area contributed by atoms with E-state index >= 15 is 0 Å². The summed E-state index contributed by atoms with van der Waals surface area (Å²) >= 11 is 1.63. The van der Waals surface area contributed by atoms with Crippen molar-refractivity contribution in [2.24, 2.45) is 0 Å². The summed E-state index contributed by atoms with van der Waals surface area (Å²) in [6.07, 6.45) is 0.736. The summed E-state index contributed by atoms with van der Waals surface area (Å²) in [5.74, 6) is 1.38. The molecular formula is C9H19NO3S. The number of aliphatic hydroxyl groups excluding tert-OH is 1. The molecule has 4 nitrogen and oxygen atoms in total. The number of esters is 1. The van der Waals surface area contributed by atoms with E-state index in [0.29, 0.717) is 6.61 Å². The van der Waals surface area contributed by atoms with Gasteiger partial charge in [-0.25, -0.2) is 0 Å². The van der Waals surface area contributed by atoms with Gasteiger partial charge in [0.15, 0.2) is 0 Å². The molecule has 5 heteroatoms. The maximum Gasteiger partial charge on any atom is 0.323 e. The number of aliphatic hydroxyl groups is 1. The number of ether oxygens (including phenoxy) is 1. The summed E-state index contributed by atoms with van der Waals surface area (Å²) in [6.45, 7) is 2.40. The number of hydrogen-bond donors (Lipinski definition) is 2. The van der Waals surface area contributed by atoms with Crippen LogP contribution < -0.4 is 5.32 Å². The number of likely N-dealkylation sites (N-methyl/N-ethyl adjacent to an activating group) is 1. The maximum absolute atomic E-state index is 11.3. The van der Waals surface area contributed by atoms with Crippen LogP contribution >= 0.6 is 11.8 Å². The molecule has 0 bridgehead atoms. The summed E-state index contributed by atoms with van der Waals surface area (Å²) in [6, 6.07) is -0.221. The number of hydrogen-bond acceptors (Lipinski definition) is 5. The number of nitrogens with one attached hydrogen (secondary N) is 1. The Morgan fingerprint density at radius 2 is 2.29 bits per heavy atom. The molecule has 0 saturated heterocycles. The molecule has 0 aromatic rings. The molecule has 0 spiro atoms. The van der Waals surface area contributed by atoms with Crippen LogP contribution in [0.15, 0.2) is 0 Å². The molecule has 0 aromatic heterocycles. The number of carbonyl (C=O) groups is 1. The normalized spacial score (nSPS) is 12.5. The Bertz CT molecular complexity index is 155. The first-order valence-electron chi connectivity index (χ1n) is 4.78. The molecule has 0 aliphatic carbocycles. The highest BCUT2D eigenvalue weighted by molar-refractivity contribution is 7.99. The molecule has 0 rings (SSSR count). The minimum Gasteiger partial charge on any atom is -0.465 e. The minimum absolute atomic E-state index is 0.189. The lowest BCUT2D eigenvalue weighted by Gasteiger charge is -2.13. The third kappa shape index (κ3) is 6.23. The Kier molecular flexibility index (Phi) is 9.13. The second-order valence-electron chi connectivity index (χ2n) is 2.72. The summed E-state index contributed by atoms with van der Waals surface area (Å²) in [7, 11) is 1.75.